The van der Waals surface area contributed by atoms with Gasteiger partial charge in [0.05, 0.1) is 5.69 Å². The van der Waals surface area contributed by atoms with Crippen LogP contribution in [-0.4, -0.2) is 15.3 Å². The van der Waals surface area contributed by atoms with Crippen LogP contribution in [0.15, 0.2) is 24.4 Å². The number of rotatable bonds is 3. The van der Waals surface area contributed by atoms with Crippen molar-refractivity contribution in [1.82, 2.24) is 15.1 Å². The first-order valence-corrected chi connectivity index (χ1v) is 7.11. The standard InChI is InChI=1S/C17H25N3/c1-12-7-13(2)9-14(8-12)16-15(11-20(6)19-16)10-18-17(3,4)5/h7-9,11,18H,10H2,1-6H3. The predicted molar refractivity (Wildman–Crippen MR) is 84.7 cm³/mol. The van der Waals surface area contributed by atoms with Crippen LogP contribution in [0.5, 0.6) is 0 Å². The Hall–Kier alpha value is -1.61. The molecule has 20 heavy (non-hydrogen) atoms. The van der Waals surface area contributed by atoms with Gasteiger partial charge in [0.1, 0.15) is 0 Å². The van der Waals surface area contributed by atoms with Crippen LogP contribution < -0.4 is 5.32 Å². The summed E-state index contributed by atoms with van der Waals surface area (Å²) >= 11 is 0. The van der Waals surface area contributed by atoms with E-state index in [9.17, 15) is 0 Å². The lowest BCUT2D eigenvalue weighted by atomic mass is 10.0. The average molecular weight is 271 g/mol. The highest BCUT2D eigenvalue weighted by Gasteiger charge is 2.14. The van der Waals surface area contributed by atoms with Crippen molar-refractivity contribution in [2.24, 2.45) is 7.05 Å². The second-order valence-corrected chi connectivity index (χ2v) is 6.66. The van der Waals surface area contributed by atoms with Gasteiger partial charge in [0, 0.05) is 36.5 Å². The van der Waals surface area contributed by atoms with E-state index < -0.39 is 0 Å². The summed E-state index contributed by atoms with van der Waals surface area (Å²) in [7, 11) is 1.98. The van der Waals surface area contributed by atoms with E-state index in [0.717, 1.165) is 12.2 Å². The van der Waals surface area contributed by atoms with Gasteiger partial charge in [-0.15, -0.1) is 0 Å². The third-order valence-electron chi connectivity index (χ3n) is 3.21. The van der Waals surface area contributed by atoms with Crippen LogP contribution in [0.4, 0.5) is 0 Å². The summed E-state index contributed by atoms with van der Waals surface area (Å²) in [6, 6.07) is 6.60. The van der Waals surface area contributed by atoms with Gasteiger partial charge in [0.2, 0.25) is 0 Å². The van der Waals surface area contributed by atoms with Crippen molar-refractivity contribution in [3.8, 4) is 11.3 Å². The molecule has 0 aliphatic rings. The molecule has 3 heteroatoms. The maximum Gasteiger partial charge on any atom is 0.0968 e. The monoisotopic (exact) mass is 271 g/mol. The summed E-state index contributed by atoms with van der Waals surface area (Å²) < 4.78 is 1.90. The normalized spacial score (nSPS) is 11.9. The van der Waals surface area contributed by atoms with Gasteiger partial charge in [-0.05, 0) is 46.8 Å². The summed E-state index contributed by atoms with van der Waals surface area (Å²) in [5.41, 5.74) is 6.19. The molecule has 1 aromatic carbocycles. The smallest absolute Gasteiger partial charge is 0.0968 e. The summed E-state index contributed by atoms with van der Waals surface area (Å²) in [5.74, 6) is 0. The Morgan fingerprint density at radius 3 is 2.25 bits per heavy atom. The zero-order valence-corrected chi connectivity index (χ0v) is 13.4. The molecule has 0 aliphatic heterocycles. The highest BCUT2D eigenvalue weighted by molar-refractivity contribution is 5.64. The first-order chi connectivity index (χ1) is 9.24. The van der Waals surface area contributed by atoms with Gasteiger partial charge in [-0.25, -0.2) is 0 Å². The van der Waals surface area contributed by atoms with Crippen molar-refractivity contribution < 1.29 is 0 Å². The third-order valence-corrected chi connectivity index (χ3v) is 3.21. The summed E-state index contributed by atoms with van der Waals surface area (Å²) in [5, 5.41) is 8.18. The second-order valence-electron chi connectivity index (χ2n) is 6.66. The Kier molecular flexibility index (Phi) is 4.00. The number of nitrogens with zero attached hydrogens (tertiary/aromatic N) is 2. The summed E-state index contributed by atoms with van der Waals surface area (Å²) in [6.45, 7) is 11.6. The van der Waals surface area contributed by atoms with Crippen LogP contribution in [0, 0.1) is 13.8 Å². The van der Waals surface area contributed by atoms with Crippen LogP contribution in [0.1, 0.15) is 37.5 Å². The summed E-state index contributed by atoms with van der Waals surface area (Å²) in [6.07, 6.45) is 2.10. The Morgan fingerprint density at radius 1 is 1.10 bits per heavy atom. The van der Waals surface area contributed by atoms with Gasteiger partial charge >= 0.3 is 0 Å². The first kappa shape index (κ1) is 14.8. The molecule has 0 fully saturated rings. The van der Waals surface area contributed by atoms with E-state index in [1.807, 2.05) is 11.7 Å². The lowest BCUT2D eigenvalue weighted by molar-refractivity contribution is 0.424. The molecule has 1 N–H and O–H groups in total. The molecule has 0 atom stereocenters. The van der Waals surface area contributed by atoms with E-state index in [1.165, 1.54) is 22.3 Å². The van der Waals surface area contributed by atoms with Crippen molar-refractivity contribution in [2.45, 2.75) is 46.7 Å². The Balaban J connectivity index is 2.36. The number of hydrogen-bond acceptors (Lipinski definition) is 2. The molecule has 1 aromatic heterocycles. The maximum atomic E-state index is 4.64. The molecule has 0 radical (unpaired) electrons. The fraction of sp³-hybridized carbons (Fsp3) is 0.471. The molecule has 2 aromatic rings. The molecule has 108 valence electrons. The molecular weight excluding hydrogens is 246 g/mol. The predicted octanol–water partition coefficient (Wildman–Crippen LogP) is 3.59. The SMILES string of the molecule is Cc1cc(C)cc(-c2nn(C)cc2CNC(C)(C)C)c1. The topological polar surface area (TPSA) is 29.9 Å². The van der Waals surface area contributed by atoms with Crippen molar-refractivity contribution in [2.75, 3.05) is 0 Å². The number of hydrogen-bond donors (Lipinski definition) is 1. The Bertz CT molecular complexity index is 583. The fourth-order valence-electron chi connectivity index (χ4n) is 2.38. The fourth-order valence-corrected chi connectivity index (χ4v) is 2.38. The van der Waals surface area contributed by atoms with Crippen molar-refractivity contribution in [3.63, 3.8) is 0 Å². The minimum atomic E-state index is 0.107. The van der Waals surface area contributed by atoms with Crippen LogP contribution in [-0.2, 0) is 13.6 Å². The quantitative estimate of drug-likeness (QED) is 0.924. The number of aromatic nitrogens is 2. The molecule has 0 saturated heterocycles. The Morgan fingerprint density at radius 2 is 1.70 bits per heavy atom. The molecule has 0 unspecified atom stereocenters. The first-order valence-electron chi connectivity index (χ1n) is 7.11. The second kappa shape index (κ2) is 5.41. The van der Waals surface area contributed by atoms with E-state index >= 15 is 0 Å². The average Bonchev–Trinajstić information content (AvgIpc) is 2.66. The van der Waals surface area contributed by atoms with Gasteiger partial charge in [-0.2, -0.15) is 5.10 Å². The highest BCUT2D eigenvalue weighted by atomic mass is 15.3. The molecule has 0 amide bonds. The lowest BCUT2D eigenvalue weighted by Gasteiger charge is -2.20. The van der Waals surface area contributed by atoms with Crippen LogP contribution in [0.25, 0.3) is 11.3 Å². The molecule has 0 saturated carbocycles. The Labute approximate surface area is 122 Å². The van der Waals surface area contributed by atoms with Crippen molar-refractivity contribution in [3.05, 3.63) is 41.1 Å². The molecule has 1 heterocycles. The van der Waals surface area contributed by atoms with Gasteiger partial charge in [0.25, 0.3) is 0 Å². The zero-order valence-electron chi connectivity index (χ0n) is 13.4. The molecule has 0 bridgehead atoms. The zero-order chi connectivity index (χ0) is 14.9. The molecule has 2 rings (SSSR count). The van der Waals surface area contributed by atoms with Crippen molar-refractivity contribution in [1.29, 1.82) is 0 Å². The van der Waals surface area contributed by atoms with Crippen LogP contribution in [0.2, 0.25) is 0 Å². The molecule has 3 nitrogen and oxygen atoms in total. The van der Waals surface area contributed by atoms with Gasteiger partial charge in [0.15, 0.2) is 0 Å². The van der Waals surface area contributed by atoms with E-state index in [-0.39, 0.29) is 5.54 Å². The van der Waals surface area contributed by atoms with Gasteiger partial charge < -0.3 is 5.32 Å². The maximum absolute atomic E-state index is 4.64. The van der Waals surface area contributed by atoms with E-state index in [2.05, 4.69) is 69.4 Å². The summed E-state index contributed by atoms with van der Waals surface area (Å²) in [4.78, 5) is 0. The highest BCUT2D eigenvalue weighted by Crippen LogP contribution is 2.24. The van der Waals surface area contributed by atoms with Crippen LogP contribution in [0.3, 0.4) is 0 Å². The van der Waals surface area contributed by atoms with E-state index in [1.54, 1.807) is 0 Å². The van der Waals surface area contributed by atoms with Gasteiger partial charge in [-0.1, -0.05) is 17.2 Å². The number of nitrogens with one attached hydrogen (secondary N) is 1. The number of aryl methyl sites for hydroxylation is 3. The van der Waals surface area contributed by atoms with Crippen LogP contribution >= 0.6 is 0 Å². The lowest BCUT2D eigenvalue weighted by Crippen LogP contribution is -2.35. The largest absolute Gasteiger partial charge is 0.308 e. The van der Waals surface area contributed by atoms with Gasteiger partial charge in [-0.3, -0.25) is 4.68 Å². The molecule has 0 aliphatic carbocycles. The third kappa shape index (κ3) is 3.70. The van der Waals surface area contributed by atoms with E-state index in [0.29, 0.717) is 0 Å². The van der Waals surface area contributed by atoms with E-state index in [4.69, 9.17) is 0 Å². The van der Waals surface area contributed by atoms with Crippen molar-refractivity contribution >= 4 is 0 Å². The molecule has 0 spiro atoms. The minimum absolute atomic E-state index is 0.107. The minimum Gasteiger partial charge on any atom is -0.308 e. The number of benzene rings is 1. The molecular formula is C17H25N3.